The number of nitrogens with zero attached hydrogens (tertiary/aromatic N) is 4. The first-order chi connectivity index (χ1) is 19.5. The summed E-state index contributed by atoms with van der Waals surface area (Å²) in [5.74, 6) is 0.557. The van der Waals surface area contributed by atoms with E-state index in [9.17, 15) is 9.59 Å². The second-order valence-corrected chi connectivity index (χ2v) is 10.8. The lowest BCUT2D eigenvalue weighted by Crippen LogP contribution is -2.44. The van der Waals surface area contributed by atoms with E-state index in [1.54, 1.807) is 11.1 Å². The molecule has 6 rings (SSSR count). The zero-order valence-electron chi connectivity index (χ0n) is 22.1. The van der Waals surface area contributed by atoms with Crippen LogP contribution in [0.3, 0.4) is 0 Å². The number of rotatable bonds is 6. The van der Waals surface area contributed by atoms with Crippen LogP contribution >= 0.6 is 11.6 Å². The zero-order chi connectivity index (χ0) is 27.5. The van der Waals surface area contributed by atoms with Gasteiger partial charge in [-0.3, -0.25) is 4.79 Å². The van der Waals surface area contributed by atoms with Crippen molar-refractivity contribution in [2.45, 2.75) is 31.9 Å². The molecule has 1 atom stereocenters. The number of carbonyl (C=O) groups is 2. The van der Waals surface area contributed by atoms with Gasteiger partial charge in [0.1, 0.15) is 6.61 Å². The molecule has 40 heavy (non-hydrogen) atoms. The number of hydrogen-bond donors (Lipinski definition) is 2. The fraction of sp³-hybridized carbons (Fsp3) is 0.333. The monoisotopic (exact) mass is 558 g/mol. The average Bonchev–Trinajstić information content (AvgIpc) is 3.64. The third-order valence-corrected chi connectivity index (χ3v) is 8.01. The van der Waals surface area contributed by atoms with E-state index in [1.165, 1.54) is 0 Å². The Balaban J connectivity index is 1.01. The van der Waals surface area contributed by atoms with Crippen LogP contribution in [0.4, 0.5) is 10.7 Å². The highest BCUT2D eigenvalue weighted by Gasteiger charge is 2.34. The minimum absolute atomic E-state index is 0.0500. The Morgan fingerprint density at radius 2 is 1.75 bits per heavy atom. The summed E-state index contributed by atoms with van der Waals surface area (Å²) in [6.07, 6.45) is 5.29. The van der Waals surface area contributed by atoms with Gasteiger partial charge in [0, 0.05) is 60.8 Å². The number of H-pyrrole nitrogens is 1. The predicted molar refractivity (Wildman–Crippen MR) is 154 cm³/mol. The van der Waals surface area contributed by atoms with E-state index >= 15 is 0 Å². The summed E-state index contributed by atoms with van der Waals surface area (Å²) in [6, 6.07) is 17.7. The second-order valence-electron chi connectivity index (χ2n) is 10.4. The molecular formula is C30H31ClN6O3. The molecule has 2 saturated heterocycles. The van der Waals surface area contributed by atoms with Crippen molar-refractivity contribution < 1.29 is 14.3 Å². The number of para-hydroxylation sites is 1. The number of carbonyl (C=O) groups excluding carboxylic acids is 2. The van der Waals surface area contributed by atoms with Crippen molar-refractivity contribution in [3.8, 4) is 11.3 Å². The molecule has 2 amide bonds. The van der Waals surface area contributed by atoms with Crippen LogP contribution in [0.2, 0.25) is 5.02 Å². The van der Waals surface area contributed by atoms with Gasteiger partial charge in [-0.25, -0.2) is 14.8 Å². The predicted octanol–water partition coefficient (Wildman–Crippen LogP) is 5.34. The van der Waals surface area contributed by atoms with E-state index in [4.69, 9.17) is 21.3 Å². The fourth-order valence-corrected chi connectivity index (χ4v) is 5.72. The van der Waals surface area contributed by atoms with Gasteiger partial charge in [-0.1, -0.05) is 60.1 Å². The Labute approximate surface area is 237 Å². The smallest absolute Gasteiger partial charge is 0.410 e. The standard InChI is InChI=1S/C30H31ClN6O3/c31-25-17-33-29(35-27(25)24-16-32-26-9-5-4-8-23(24)26)34-22-12-15-37(18-22)28(38)21-10-13-36(14-11-21)30(39)40-19-20-6-2-1-3-7-20/h1-9,16-17,21-22,32H,10-15,18-19H2,(H,33,34,35)/t22-/m1/s1. The number of aromatic nitrogens is 3. The minimum atomic E-state index is -0.324. The van der Waals surface area contributed by atoms with Crippen molar-refractivity contribution in [3.63, 3.8) is 0 Å². The van der Waals surface area contributed by atoms with Crippen molar-refractivity contribution in [1.29, 1.82) is 0 Å². The number of aromatic amines is 1. The maximum absolute atomic E-state index is 13.3. The lowest BCUT2D eigenvalue weighted by molar-refractivity contribution is -0.135. The molecule has 0 spiro atoms. The van der Waals surface area contributed by atoms with Crippen molar-refractivity contribution in [2.75, 3.05) is 31.5 Å². The lowest BCUT2D eigenvalue weighted by atomic mass is 9.95. The molecule has 0 bridgehead atoms. The fourth-order valence-electron chi connectivity index (χ4n) is 5.53. The number of nitrogens with one attached hydrogen (secondary N) is 2. The van der Waals surface area contributed by atoms with Crippen LogP contribution in [0.15, 0.2) is 67.0 Å². The van der Waals surface area contributed by atoms with Crippen LogP contribution in [-0.2, 0) is 16.1 Å². The van der Waals surface area contributed by atoms with Gasteiger partial charge in [0.25, 0.3) is 0 Å². The molecule has 0 unspecified atom stereocenters. The number of hydrogen-bond acceptors (Lipinski definition) is 6. The van der Waals surface area contributed by atoms with E-state index in [0.717, 1.165) is 28.5 Å². The molecule has 2 aliphatic rings. The Morgan fingerprint density at radius 1 is 1.00 bits per heavy atom. The first-order valence-corrected chi connectivity index (χ1v) is 14.0. The number of fused-ring (bicyclic) bond motifs is 1. The molecular weight excluding hydrogens is 528 g/mol. The largest absolute Gasteiger partial charge is 0.445 e. The van der Waals surface area contributed by atoms with Crippen LogP contribution in [-0.4, -0.2) is 69.0 Å². The lowest BCUT2D eigenvalue weighted by Gasteiger charge is -2.32. The number of ether oxygens (including phenoxy) is 1. The summed E-state index contributed by atoms with van der Waals surface area (Å²) in [6.45, 7) is 2.57. The van der Waals surface area contributed by atoms with E-state index in [0.29, 0.717) is 55.7 Å². The second kappa shape index (κ2) is 11.6. The van der Waals surface area contributed by atoms with Crippen LogP contribution in [0.1, 0.15) is 24.8 Å². The molecule has 2 aliphatic heterocycles. The van der Waals surface area contributed by atoms with E-state index < -0.39 is 0 Å². The number of benzene rings is 2. The van der Waals surface area contributed by atoms with Gasteiger partial charge < -0.3 is 24.8 Å². The van der Waals surface area contributed by atoms with Crippen LogP contribution in [0, 0.1) is 5.92 Å². The van der Waals surface area contributed by atoms with Gasteiger partial charge in [0.2, 0.25) is 11.9 Å². The SMILES string of the molecule is O=C(OCc1ccccc1)N1CCC(C(=O)N2CC[C@@H](Nc3ncc(Cl)c(-c4c[nH]c5ccccc45)n3)C2)CC1. The van der Waals surface area contributed by atoms with Crippen molar-refractivity contribution in [3.05, 3.63) is 77.6 Å². The summed E-state index contributed by atoms with van der Waals surface area (Å²) in [5, 5.41) is 4.93. The van der Waals surface area contributed by atoms with Gasteiger partial charge >= 0.3 is 6.09 Å². The molecule has 2 fully saturated rings. The van der Waals surface area contributed by atoms with Crippen LogP contribution in [0.5, 0.6) is 0 Å². The Kier molecular flexibility index (Phi) is 7.55. The molecule has 2 aromatic heterocycles. The molecule has 9 nitrogen and oxygen atoms in total. The topological polar surface area (TPSA) is 103 Å². The Bertz CT molecular complexity index is 1500. The Hall–Kier alpha value is -4.11. The summed E-state index contributed by atoms with van der Waals surface area (Å²) >= 11 is 6.48. The third kappa shape index (κ3) is 5.60. The maximum Gasteiger partial charge on any atom is 0.410 e. The number of piperidine rings is 1. The molecule has 4 aromatic rings. The van der Waals surface area contributed by atoms with Gasteiger partial charge in [0.15, 0.2) is 0 Å². The zero-order valence-corrected chi connectivity index (χ0v) is 22.8. The molecule has 2 aromatic carbocycles. The first kappa shape index (κ1) is 26.1. The van der Waals surface area contributed by atoms with Gasteiger partial charge in [-0.05, 0) is 30.9 Å². The number of amides is 2. The third-order valence-electron chi connectivity index (χ3n) is 7.73. The average molecular weight is 559 g/mol. The maximum atomic E-state index is 13.3. The summed E-state index contributed by atoms with van der Waals surface area (Å²) in [7, 11) is 0. The molecule has 0 radical (unpaired) electrons. The molecule has 0 aliphatic carbocycles. The van der Waals surface area contributed by atoms with E-state index in [1.807, 2.05) is 65.7 Å². The van der Waals surface area contributed by atoms with Crippen LogP contribution < -0.4 is 5.32 Å². The van der Waals surface area contributed by atoms with Crippen molar-refractivity contribution in [2.24, 2.45) is 5.92 Å². The van der Waals surface area contributed by atoms with Gasteiger partial charge in [-0.15, -0.1) is 0 Å². The minimum Gasteiger partial charge on any atom is -0.445 e. The molecule has 10 heteroatoms. The summed E-state index contributed by atoms with van der Waals surface area (Å²) in [5.41, 5.74) is 3.55. The highest BCUT2D eigenvalue weighted by Crippen LogP contribution is 2.32. The first-order valence-electron chi connectivity index (χ1n) is 13.6. The number of anilines is 1. The molecule has 4 heterocycles. The van der Waals surface area contributed by atoms with Crippen molar-refractivity contribution in [1.82, 2.24) is 24.8 Å². The summed E-state index contributed by atoms with van der Waals surface area (Å²) < 4.78 is 5.46. The quantitative estimate of drug-likeness (QED) is 0.331. The van der Waals surface area contributed by atoms with Gasteiger partial charge in [-0.2, -0.15) is 0 Å². The number of likely N-dealkylation sites (tertiary alicyclic amines) is 2. The van der Waals surface area contributed by atoms with E-state index in [2.05, 4.69) is 15.3 Å². The van der Waals surface area contributed by atoms with Crippen LogP contribution in [0.25, 0.3) is 22.2 Å². The normalized spacial score (nSPS) is 17.8. The Morgan fingerprint density at radius 3 is 2.58 bits per heavy atom. The van der Waals surface area contributed by atoms with Gasteiger partial charge in [0.05, 0.1) is 16.9 Å². The van der Waals surface area contributed by atoms with Crippen molar-refractivity contribution >= 4 is 40.5 Å². The highest BCUT2D eigenvalue weighted by molar-refractivity contribution is 6.33. The molecule has 206 valence electrons. The molecule has 0 saturated carbocycles. The van der Waals surface area contributed by atoms with E-state index in [-0.39, 0.29) is 30.6 Å². The molecule has 2 N–H and O–H groups in total. The number of halogens is 1. The highest BCUT2D eigenvalue weighted by atomic mass is 35.5. The summed E-state index contributed by atoms with van der Waals surface area (Å²) in [4.78, 5) is 41.8.